The van der Waals surface area contributed by atoms with Crippen LogP contribution in [0.1, 0.15) is 19.5 Å². The molecule has 0 spiro atoms. The Balaban J connectivity index is 1.67. The van der Waals surface area contributed by atoms with Gasteiger partial charge < -0.3 is 18.9 Å². The van der Waals surface area contributed by atoms with Crippen molar-refractivity contribution in [2.45, 2.75) is 26.0 Å². The van der Waals surface area contributed by atoms with Crippen LogP contribution in [-0.2, 0) is 21.6 Å². The van der Waals surface area contributed by atoms with Crippen LogP contribution in [0.4, 0.5) is 17.7 Å². The van der Waals surface area contributed by atoms with Crippen molar-refractivity contribution in [1.29, 1.82) is 0 Å². The Morgan fingerprint density at radius 3 is 2.57 bits per heavy atom. The smallest absolute Gasteiger partial charge is 0.233 e. The molecule has 1 N–H and O–H groups in total. The standard InChI is InChI=1S/C19H23N7O2/c1-19(2)14-12-13-15(25-6-9-27-10-7-25)22-18(24-17-20-4-3-5-21-17)23-16(13)26(14)8-11-28-19/h3-5,12H,6-11H2,1-2H3,(H,20,21,22,23,24). The zero-order valence-corrected chi connectivity index (χ0v) is 16.1. The molecule has 9 nitrogen and oxygen atoms in total. The van der Waals surface area contributed by atoms with Crippen LogP contribution in [0, 0.1) is 0 Å². The third kappa shape index (κ3) is 2.96. The topological polar surface area (TPSA) is 90.2 Å². The second-order valence-electron chi connectivity index (χ2n) is 7.44. The molecule has 3 aromatic rings. The van der Waals surface area contributed by atoms with Crippen LogP contribution in [0.2, 0.25) is 0 Å². The molecule has 0 atom stereocenters. The first-order valence-corrected chi connectivity index (χ1v) is 9.54. The molecule has 0 radical (unpaired) electrons. The lowest BCUT2D eigenvalue weighted by atomic mass is 10.0. The van der Waals surface area contributed by atoms with Crippen molar-refractivity contribution in [3.8, 4) is 0 Å². The molecule has 9 heteroatoms. The van der Waals surface area contributed by atoms with Gasteiger partial charge in [-0.05, 0) is 26.0 Å². The number of hydrogen-bond donors (Lipinski definition) is 1. The molecule has 2 aliphatic rings. The Labute approximate surface area is 162 Å². The van der Waals surface area contributed by atoms with Crippen molar-refractivity contribution < 1.29 is 9.47 Å². The van der Waals surface area contributed by atoms with E-state index in [1.807, 2.05) is 0 Å². The van der Waals surface area contributed by atoms with E-state index >= 15 is 0 Å². The maximum Gasteiger partial charge on any atom is 0.233 e. The molecule has 0 bridgehead atoms. The summed E-state index contributed by atoms with van der Waals surface area (Å²) in [6, 6.07) is 3.95. The lowest BCUT2D eigenvalue weighted by Gasteiger charge is -2.32. The quantitative estimate of drug-likeness (QED) is 0.737. The molecule has 3 aromatic heterocycles. The maximum atomic E-state index is 5.99. The second-order valence-corrected chi connectivity index (χ2v) is 7.44. The van der Waals surface area contributed by atoms with E-state index in [0.29, 0.717) is 31.7 Å². The molecule has 0 aliphatic carbocycles. The average molecular weight is 381 g/mol. The van der Waals surface area contributed by atoms with Crippen molar-refractivity contribution >= 4 is 28.7 Å². The molecule has 146 valence electrons. The summed E-state index contributed by atoms with van der Waals surface area (Å²) in [4.78, 5) is 20.4. The van der Waals surface area contributed by atoms with Crippen molar-refractivity contribution in [2.75, 3.05) is 43.1 Å². The third-order valence-corrected chi connectivity index (χ3v) is 5.23. The molecule has 0 saturated carbocycles. The number of anilines is 3. The van der Waals surface area contributed by atoms with Gasteiger partial charge in [0.05, 0.1) is 30.9 Å². The van der Waals surface area contributed by atoms with Gasteiger partial charge in [0.15, 0.2) is 0 Å². The summed E-state index contributed by atoms with van der Waals surface area (Å²) >= 11 is 0. The van der Waals surface area contributed by atoms with Crippen molar-refractivity contribution in [3.63, 3.8) is 0 Å². The Morgan fingerprint density at radius 1 is 1.00 bits per heavy atom. The van der Waals surface area contributed by atoms with Gasteiger partial charge in [-0.25, -0.2) is 9.97 Å². The summed E-state index contributed by atoms with van der Waals surface area (Å²) in [6.45, 7) is 8.59. The molecule has 5 rings (SSSR count). The van der Waals surface area contributed by atoms with Gasteiger partial charge in [0, 0.05) is 32.0 Å². The van der Waals surface area contributed by atoms with Crippen LogP contribution < -0.4 is 10.2 Å². The molecule has 5 heterocycles. The van der Waals surface area contributed by atoms with Crippen LogP contribution in [0.25, 0.3) is 11.0 Å². The first kappa shape index (κ1) is 17.3. The fourth-order valence-electron chi connectivity index (χ4n) is 3.84. The van der Waals surface area contributed by atoms with E-state index in [4.69, 9.17) is 19.4 Å². The minimum atomic E-state index is -0.364. The predicted octanol–water partition coefficient (Wildman–Crippen LogP) is 2.07. The zero-order valence-electron chi connectivity index (χ0n) is 16.1. The lowest BCUT2D eigenvalue weighted by molar-refractivity contribution is -0.0494. The van der Waals surface area contributed by atoms with Crippen LogP contribution in [-0.4, -0.2) is 57.4 Å². The number of hydrogen-bond acceptors (Lipinski definition) is 8. The Kier molecular flexibility index (Phi) is 4.13. The highest BCUT2D eigenvalue weighted by Crippen LogP contribution is 2.37. The van der Waals surface area contributed by atoms with Crippen molar-refractivity contribution in [3.05, 3.63) is 30.2 Å². The van der Waals surface area contributed by atoms with Gasteiger partial charge in [0.2, 0.25) is 11.9 Å². The van der Waals surface area contributed by atoms with Gasteiger partial charge in [-0.15, -0.1) is 0 Å². The van der Waals surface area contributed by atoms with Gasteiger partial charge in [-0.3, -0.25) is 5.32 Å². The summed E-state index contributed by atoms with van der Waals surface area (Å²) in [6.07, 6.45) is 3.38. The molecule has 1 saturated heterocycles. The molecule has 0 aromatic carbocycles. The SMILES string of the molecule is CC1(C)OCCn2c1cc1c(N3CCOCC3)nc(Nc3ncccn3)nc12. The molecular weight excluding hydrogens is 358 g/mol. The van der Waals surface area contributed by atoms with E-state index in [1.165, 1.54) is 0 Å². The van der Waals surface area contributed by atoms with Crippen molar-refractivity contribution in [1.82, 2.24) is 24.5 Å². The highest BCUT2D eigenvalue weighted by Gasteiger charge is 2.32. The molecule has 1 fully saturated rings. The highest BCUT2D eigenvalue weighted by atomic mass is 16.5. The number of nitrogens with zero attached hydrogens (tertiary/aromatic N) is 6. The molecular formula is C19H23N7O2. The second kappa shape index (κ2) is 6.68. The van der Waals surface area contributed by atoms with Gasteiger partial charge in [0.1, 0.15) is 17.1 Å². The number of nitrogens with one attached hydrogen (secondary N) is 1. The van der Waals surface area contributed by atoms with E-state index in [9.17, 15) is 0 Å². The van der Waals surface area contributed by atoms with Crippen LogP contribution >= 0.6 is 0 Å². The summed E-state index contributed by atoms with van der Waals surface area (Å²) < 4.78 is 13.8. The lowest BCUT2D eigenvalue weighted by Crippen LogP contribution is -2.37. The zero-order chi connectivity index (χ0) is 19.1. The van der Waals surface area contributed by atoms with E-state index in [0.717, 1.165) is 42.2 Å². The monoisotopic (exact) mass is 381 g/mol. The Hall–Kier alpha value is -2.78. The van der Waals surface area contributed by atoms with Crippen LogP contribution in [0.5, 0.6) is 0 Å². The minimum absolute atomic E-state index is 0.364. The van der Waals surface area contributed by atoms with E-state index in [2.05, 4.69) is 44.7 Å². The van der Waals surface area contributed by atoms with Gasteiger partial charge in [-0.1, -0.05) is 0 Å². The van der Waals surface area contributed by atoms with Crippen molar-refractivity contribution in [2.24, 2.45) is 0 Å². The first-order valence-electron chi connectivity index (χ1n) is 9.54. The van der Waals surface area contributed by atoms with Crippen LogP contribution in [0.3, 0.4) is 0 Å². The number of morpholine rings is 1. The molecule has 28 heavy (non-hydrogen) atoms. The largest absolute Gasteiger partial charge is 0.378 e. The summed E-state index contributed by atoms with van der Waals surface area (Å²) in [5, 5.41) is 4.18. The van der Waals surface area contributed by atoms with E-state index in [1.54, 1.807) is 18.5 Å². The number of aromatic nitrogens is 5. The maximum absolute atomic E-state index is 5.99. The highest BCUT2D eigenvalue weighted by molar-refractivity contribution is 5.90. The number of fused-ring (bicyclic) bond motifs is 3. The summed E-state index contributed by atoms with van der Waals surface area (Å²) in [5.74, 6) is 1.87. The fraction of sp³-hybridized carbons (Fsp3) is 0.474. The Morgan fingerprint density at radius 2 is 1.79 bits per heavy atom. The predicted molar refractivity (Wildman–Crippen MR) is 105 cm³/mol. The average Bonchev–Trinajstić information content (AvgIpc) is 3.09. The fourth-order valence-corrected chi connectivity index (χ4v) is 3.84. The van der Waals surface area contributed by atoms with Gasteiger partial charge >= 0.3 is 0 Å². The normalized spacial score (nSPS) is 18.9. The summed E-state index contributed by atoms with van der Waals surface area (Å²) in [7, 11) is 0. The van der Waals surface area contributed by atoms with E-state index < -0.39 is 0 Å². The minimum Gasteiger partial charge on any atom is -0.378 e. The third-order valence-electron chi connectivity index (χ3n) is 5.23. The molecule has 0 unspecified atom stereocenters. The number of rotatable bonds is 3. The summed E-state index contributed by atoms with van der Waals surface area (Å²) in [5.41, 5.74) is 1.66. The first-order chi connectivity index (χ1) is 13.6. The van der Waals surface area contributed by atoms with E-state index in [-0.39, 0.29) is 5.60 Å². The molecule has 0 amide bonds. The van der Waals surface area contributed by atoms with Crippen LogP contribution in [0.15, 0.2) is 24.5 Å². The molecule has 2 aliphatic heterocycles. The van der Waals surface area contributed by atoms with Gasteiger partial charge in [0.25, 0.3) is 0 Å². The van der Waals surface area contributed by atoms with Gasteiger partial charge in [-0.2, -0.15) is 9.97 Å². The number of ether oxygens (including phenoxy) is 2. The Bertz CT molecular complexity index is 996.